The average Bonchev–Trinajstić information content (AvgIpc) is 2.83. The van der Waals surface area contributed by atoms with Crippen molar-refractivity contribution in [2.75, 3.05) is 14.2 Å². The Morgan fingerprint density at radius 2 is 1.38 bits per heavy atom. The Balaban J connectivity index is -0.000000871. The molecule has 0 heterocycles. The smallest absolute Gasteiger partial charge is 0.339 e. The van der Waals surface area contributed by atoms with Gasteiger partial charge in [-0.1, -0.05) is 68.8 Å². The van der Waals surface area contributed by atoms with Gasteiger partial charge in [0.05, 0.1) is 14.2 Å². The van der Waals surface area contributed by atoms with Crippen molar-refractivity contribution in [3.8, 4) is 17.2 Å². The van der Waals surface area contributed by atoms with E-state index in [1.54, 1.807) is 17.7 Å². The van der Waals surface area contributed by atoms with Crippen molar-refractivity contribution in [2.24, 2.45) is 0 Å². The quantitative estimate of drug-likeness (QED) is 0.142. The van der Waals surface area contributed by atoms with Crippen LogP contribution in [0, 0.1) is 13.8 Å². The Labute approximate surface area is 264 Å². The Hall–Kier alpha value is -2.46. The van der Waals surface area contributed by atoms with E-state index in [9.17, 15) is 8.42 Å². The number of aryl methyl sites for hydroxylation is 2. The van der Waals surface area contributed by atoms with Crippen LogP contribution in [-0.4, -0.2) is 36.8 Å². The van der Waals surface area contributed by atoms with Crippen molar-refractivity contribution in [3.05, 3.63) is 80.8 Å². The van der Waals surface area contributed by atoms with E-state index in [2.05, 4.69) is 43.4 Å². The summed E-state index contributed by atoms with van der Waals surface area (Å²) in [4.78, 5) is 2.57. The number of benzene rings is 2. The molecule has 0 aromatic heterocycles. The summed E-state index contributed by atoms with van der Waals surface area (Å²) in [5.74, 6) is 5.57. The maximum Gasteiger partial charge on any atom is 0.339 e. The van der Waals surface area contributed by atoms with Gasteiger partial charge in [0.15, 0.2) is 11.5 Å². The molecule has 2 aromatic rings. The number of rotatable bonds is 11. The van der Waals surface area contributed by atoms with Crippen LogP contribution in [0.25, 0.3) is 0 Å². The van der Waals surface area contributed by atoms with Crippen molar-refractivity contribution in [1.82, 2.24) is 0 Å². The fourth-order valence-electron chi connectivity index (χ4n) is 3.87. The second-order valence-corrected chi connectivity index (χ2v) is 15.0. The van der Waals surface area contributed by atoms with E-state index < -0.39 is 24.3 Å². The Bertz CT molecular complexity index is 1260. The summed E-state index contributed by atoms with van der Waals surface area (Å²) in [5, 5.41) is 0. The van der Waals surface area contributed by atoms with Crippen LogP contribution in [0.3, 0.4) is 0 Å². The zero-order valence-corrected chi connectivity index (χ0v) is 27.7. The minimum atomic E-state index is -4.02. The second-order valence-electron chi connectivity index (χ2n) is 10.6. The van der Waals surface area contributed by atoms with E-state index in [0.717, 1.165) is 22.3 Å². The van der Waals surface area contributed by atoms with Crippen LogP contribution in [0.5, 0.6) is 17.2 Å². The molecule has 0 spiro atoms. The molecule has 0 aliphatic heterocycles. The lowest BCUT2D eigenvalue weighted by Crippen LogP contribution is -2.13. The van der Waals surface area contributed by atoms with Crippen LogP contribution in [-0.2, 0) is 16.5 Å². The van der Waals surface area contributed by atoms with Crippen molar-refractivity contribution in [2.45, 2.75) is 106 Å². The molecule has 0 unspecified atom stereocenters. The SMILES string of the molecule is C.C.C.CC(C)=CCC/C(C)=[CH]/[Al]([CH3])[CH3].COc1cc(C)c(CC=C(C)C)c(OS(=O)(=O)c2ccc(C)cc2)c1OC. The lowest BCUT2D eigenvalue weighted by atomic mass is 10.0. The van der Waals surface area contributed by atoms with Crippen LogP contribution in [0.1, 0.15) is 86.4 Å². The van der Waals surface area contributed by atoms with E-state index in [1.807, 2.05) is 39.8 Å². The third-order valence-corrected chi connectivity index (χ3v) is 8.35. The normalized spacial score (nSPS) is 10.3. The standard InChI is InChI=1S/C21H26O5S.C9H15.3CH4.2CH3.Al/c1-14(2)7-12-18-16(4)13-19(24-5)21(25-6)20(18)26-27(22,23)17-10-8-15(3)9-11-17;1-8(2)6-5-7-9(3)4;;;;;;/h7-11,13H,12H2,1-6H3;1,7H,5-6H2,2-4H3;3*1H4;2*1H3;. The molecule has 2 rings (SSSR count). The van der Waals surface area contributed by atoms with Crippen LogP contribution in [0.2, 0.25) is 11.6 Å². The van der Waals surface area contributed by atoms with Gasteiger partial charge in [0.2, 0.25) is 5.75 Å². The first-order valence-electron chi connectivity index (χ1n) is 13.4. The number of hydrogen-bond donors (Lipinski definition) is 0. The minimum Gasteiger partial charge on any atom is -0.493 e. The van der Waals surface area contributed by atoms with E-state index in [4.69, 9.17) is 13.7 Å². The summed E-state index contributed by atoms with van der Waals surface area (Å²) < 4.78 is 42.1. The molecule has 0 saturated carbocycles. The molecule has 0 fully saturated rings. The lowest BCUT2D eigenvalue weighted by molar-refractivity contribution is 0.341. The molecular formula is C35H59AlO5S. The number of allylic oxidation sites excluding steroid dienone is 5. The zero-order valence-electron chi connectivity index (χ0n) is 25.8. The van der Waals surface area contributed by atoms with Gasteiger partial charge >= 0.3 is 10.1 Å². The maximum atomic E-state index is 12.8. The third-order valence-electron chi connectivity index (χ3n) is 5.88. The van der Waals surface area contributed by atoms with Gasteiger partial charge in [-0.2, -0.15) is 8.42 Å². The van der Waals surface area contributed by atoms with Gasteiger partial charge in [-0.3, -0.25) is 0 Å². The largest absolute Gasteiger partial charge is 0.493 e. The minimum absolute atomic E-state index is 0. The highest BCUT2D eigenvalue weighted by Gasteiger charge is 2.25. The Morgan fingerprint density at radius 3 is 1.83 bits per heavy atom. The van der Waals surface area contributed by atoms with Gasteiger partial charge in [0.25, 0.3) is 14.1 Å². The summed E-state index contributed by atoms with van der Waals surface area (Å²) in [7, 11) is -1.05. The maximum absolute atomic E-state index is 12.8. The summed E-state index contributed by atoms with van der Waals surface area (Å²) in [5.41, 5.74) is 6.70. The number of hydrogen-bond acceptors (Lipinski definition) is 5. The summed E-state index contributed by atoms with van der Waals surface area (Å²) in [6.45, 7) is 14.3. The zero-order chi connectivity index (χ0) is 29.8. The van der Waals surface area contributed by atoms with Crippen LogP contribution >= 0.6 is 0 Å². The highest BCUT2D eigenvalue weighted by Crippen LogP contribution is 2.43. The summed E-state index contributed by atoms with van der Waals surface area (Å²) in [6, 6.07) is 8.33. The highest BCUT2D eigenvalue weighted by molar-refractivity contribution is 7.87. The summed E-state index contributed by atoms with van der Waals surface area (Å²) >= 11 is -0.478. The Kier molecular flexibility index (Phi) is 22.3. The monoisotopic (exact) mass is 618 g/mol. The fraction of sp³-hybridized carbons (Fsp3) is 0.486. The topological polar surface area (TPSA) is 61.8 Å². The first-order valence-corrected chi connectivity index (χ1v) is 17.8. The van der Waals surface area contributed by atoms with Gasteiger partial charge in [0.1, 0.15) is 4.90 Å². The molecule has 7 heteroatoms. The van der Waals surface area contributed by atoms with E-state index in [-0.39, 0.29) is 38.7 Å². The van der Waals surface area contributed by atoms with E-state index in [1.165, 1.54) is 44.8 Å². The molecule has 0 radical (unpaired) electrons. The highest BCUT2D eigenvalue weighted by atomic mass is 32.2. The van der Waals surface area contributed by atoms with Crippen LogP contribution in [0.4, 0.5) is 0 Å². The van der Waals surface area contributed by atoms with E-state index >= 15 is 0 Å². The van der Waals surface area contributed by atoms with Gasteiger partial charge in [-0.15, -0.1) is 16.5 Å². The van der Waals surface area contributed by atoms with Gasteiger partial charge in [-0.05, 0) is 91.5 Å². The fourth-order valence-corrected chi connectivity index (χ4v) is 6.14. The molecule has 0 bridgehead atoms. The molecule has 0 atom stereocenters. The molecule has 238 valence electrons. The molecule has 0 N–H and O–H groups in total. The molecule has 0 saturated heterocycles. The third kappa shape index (κ3) is 15.1. The van der Waals surface area contributed by atoms with Gasteiger partial charge < -0.3 is 13.7 Å². The predicted molar refractivity (Wildman–Crippen MR) is 187 cm³/mol. The van der Waals surface area contributed by atoms with Crippen LogP contribution in [0.15, 0.2) is 69.0 Å². The molecule has 42 heavy (non-hydrogen) atoms. The summed E-state index contributed by atoms with van der Waals surface area (Å²) in [6.07, 6.45) is 7.31. The van der Waals surface area contributed by atoms with Crippen molar-refractivity contribution >= 4 is 24.3 Å². The van der Waals surface area contributed by atoms with Crippen LogP contribution < -0.4 is 13.7 Å². The van der Waals surface area contributed by atoms with Crippen molar-refractivity contribution < 1.29 is 22.1 Å². The molecular weight excluding hydrogens is 559 g/mol. The first-order chi connectivity index (χ1) is 18.2. The van der Waals surface area contributed by atoms with Crippen molar-refractivity contribution in [1.29, 1.82) is 0 Å². The molecule has 5 nitrogen and oxygen atoms in total. The lowest BCUT2D eigenvalue weighted by Gasteiger charge is -2.19. The van der Waals surface area contributed by atoms with Gasteiger partial charge in [-0.25, -0.2) is 0 Å². The molecule has 0 aliphatic rings. The van der Waals surface area contributed by atoms with Gasteiger partial charge in [0, 0.05) is 5.56 Å². The Morgan fingerprint density at radius 1 is 0.833 bits per heavy atom. The predicted octanol–water partition coefficient (Wildman–Crippen LogP) is 10.5. The first kappa shape index (κ1) is 44.0. The molecule has 2 aromatic carbocycles. The number of methoxy groups -OCH3 is 2. The molecule has 0 amide bonds. The average molecular weight is 619 g/mol. The second kappa shape index (κ2) is 21.3. The van der Waals surface area contributed by atoms with Crippen molar-refractivity contribution in [3.63, 3.8) is 0 Å². The number of ether oxygens (including phenoxy) is 2. The molecule has 0 aliphatic carbocycles. The van der Waals surface area contributed by atoms with E-state index in [0.29, 0.717) is 12.2 Å².